The highest BCUT2D eigenvalue weighted by atomic mass is 79.9. The predicted octanol–water partition coefficient (Wildman–Crippen LogP) is 26.1. The normalized spacial score (nSPS) is 12.8. The van der Waals surface area contributed by atoms with Gasteiger partial charge in [-0.2, -0.15) is 36.9 Å². The van der Waals surface area contributed by atoms with Gasteiger partial charge in [-0.15, -0.1) is 0 Å². The Morgan fingerprint density at radius 1 is 0.409 bits per heavy atom. The molecule has 1 aliphatic rings. The SMILES string of the molecule is Brc1cccc2c3ccccc3n(-n3c4ccccc4c4cccc(Br)c43)c12.CC1(C)OB(c2cccc(C(F)(F)F)c2C#N)OC1(C)C.S=S=S=S=S=S.S=S=S=S=S=S=S=S.[C-]#[N+]c1c(C)cccc1-c1cccc2c3ccccc3n(-n3c4ccccc4c4cccc(-c5cccc(C(F)(F)F)c5C#N)c43)c12.[HH].[HH].[HH].[HH].[HH].[HH].[HH].[HH].[HH].[HH].[HH].[HH].[HH].[HH].[HH].[HH].[HH]. The van der Waals surface area contributed by atoms with Crippen LogP contribution < -0.4 is 5.46 Å². The molecule has 9 nitrogen and oxygen atoms in total. The number of nitriles is 2. The van der Waals surface area contributed by atoms with E-state index >= 15 is 0 Å². The summed E-state index contributed by atoms with van der Waals surface area (Å²) in [5.41, 5.74) is 7.63. The molecule has 0 atom stereocenters. The third-order valence-corrected chi connectivity index (χ3v) is 37.7. The van der Waals surface area contributed by atoms with Crippen molar-refractivity contribution >= 4 is 271 Å². The molecule has 0 aliphatic carbocycles. The smallest absolute Gasteiger partial charge is 0.399 e. The van der Waals surface area contributed by atoms with E-state index in [4.69, 9.17) is 21.1 Å². The molecule has 32 heteroatoms. The van der Waals surface area contributed by atoms with Crippen LogP contribution >= 0.6 is 31.9 Å². The lowest BCUT2D eigenvalue weighted by Gasteiger charge is -2.32. The van der Waals surface area contributed by atoms with E-state index in [9.17, 15) is 31.6 Å². The summed E-state index contributed by atoms with van der Waals surface area (Å²) in [7, 11) is 13.8. The van der Waals surface area contributed by atoms with Gasteiger partial charge in [-0.25, -0.2) is 23.5 Å². The van der Waals surface area contributed by atoms with Gasteiger partial charge < -0.3 is 9.31 Å². The summed E-state index contributed by atoms with van der Waals surface area (Å²) in [6.45, 7) is 17.1. The van der Waals surface area contributed by atoms with Gasteiger partial charge in [0, 0.05) is 226 Å². The molecule has 1 aliphatic heterocycles. The molecule has 16 rings (SSSR count). The van der Waals surface area contributed by atoms with Gasteiger partial charge in [0.05, 0.1) is 90.2 Å². The second kappa shape index (κ2) is 35.4. The average Bonchev–Trinajstić information content (AvgIpc) is 1.56. The summed E-state index contributed by atoms with van der Waals surface area (Å²) < 4.78 is 104. The zero-order valence-electron chi connectivity index (χ0n) is 57.6. The first-order valence-corrected chi connectivity index (χ1v) is 50.1. The van der Waals surface area contributed by atoms with Crippen molar-refractivity contribution < 1.29 is 59.9 Å². The summed E-state index contributed by atoms with van der Waals surface area (Å²) in [5, 5.41) is 27.9. The number of fused-ring (bicyclic) bond motifs is 12. The second-order valence-corrected chi connectivity index (χ2v) is 44.5. The first-order chi connectivity index (χ1) is 52.9. The monoisotopic (exact) mass is 1880 g/mol. The quantitative estimate of drug-likeness (QED) is 0.0956. The van der Waals surface area contributed by atoms with E-state index in [-0.39, 0.29) is 35.3 Å². The summed E-state index contributed by atoms with van der Waals surface area (Å²) in [4.78, 5) is 3.91. The number of hydrogen-bond donors (Lipinski definition) is 0. The molecule has 1 saturated heterocycles. The Kier molecular flexibility index (Phi) is 26.4. The van der Waals surface area contributed by atoms with Gasteiger partial charge in [-0.3, -0.25) is 0 Å². The van der Waals surface area contributed by atoms with Crippen LogP contribution in [0.25, 0.3) is 114 Å². The minimum absolute atomic E-state index is 0. The third-order valence-electron chi connectivity index (χ3n) is 18.6. The molecule has 11 aromatic carbocycles. The van der Waals surface area contributed by atoms with Crippen molar-refractivity contribution in [3.63, 3.8) is 0 Å². The number of hydrogen-bond acceptors (Lipinski definition) is 8. The molecule has 0 N–H and O–H groups in total. The lowest BCUT2D eigenvalue weighted by molar-refractivity contribution is -0.138. The summed E-state index contributed by atoms with van der Waals surface area (Å²) in [6, 6.07) is 74.3. The number of alkyl halides is 6. The van der Waals surface area contributed by atoms with Crippen LogP contribution in [0.2, 0.25) is 0 Å². The molecule has 588 valence electrons. The van der Waals surface area contributed by atoms with Crippen LogP contribution in [0.1, 0.15) is 79.8 Å². The fraction of sp³-hybridized carbons (Fsp3) is 0.115. The fourth-order valence-electron chi connectivity index (χ4n) is 13.5. The summed E-state index contributed by atoms with van der Waals surface area (Å²) in [6.07, 6.45) is -9.29. The van der Waals surface area contributed by atoms with Crippen LogP contribution in [-0.2, 0) is 155 Å². The van der Waals surface area contributed by atoms with E-state index in [1.54, 1.807) is 81.4 Å². The maximum Gasteiger partial charge on any atom is 0.496 e. The molecule has 0 unspecified atom stereocenters. The van der Waals surface area contributed by atoms with E-state index in [0.717, 1.165) is 75.9 Å². The van der Waals surface area contributed by atoms with Crippen molar-refractivity contribution in [1.82, 2.24) is 18.7 Å². The molecule has 0 amide bonds. The molecule has 0 radical (unpaired) electrons. The number of para-hydroxylation sites is 9. The zero-order chi connectivity index (χ0) is 78.4. The number of nitrogens with zero attached hydrogens (tertiary/aromatic N) is 7. The maximum absolute atomic E-state index is 14.2. The molecule has 0 saturated carbocycles. The first kappa shape index (κ1) is 82.2. The van der Waals surface area contributed by atoms with Gasteiger partial charge in [0.15, 0.2) is 5.69 Å². The fourth-order valence-corrected chi connectivity index (χ4v) is 31.0. The molecular weight excluding hydrogens is 1800 g/mol. The topological polar surface area (TPSA) is 90.1 Å². The van der Waals surface area contributed by atoms with E-state index in [2.05, 4.69) is 197 Å². The Morgan fingerprint density at radius 2 is 0.718 bits per heavy atom. The lowest BCUT2D eigenvalue weighted by Crippen LogP contribution is -2.41. The number of aromatic nitrogens is 4. The van der Waals surface area contributed by atoms with Crippen LogP contribution in [0.5, 0.6) is 0 Å². The number of aryl methyl sites for hydroxylation is 1. The van der Waals surface area contributed by atoms with Gasteiger partial charge in [0.1, 0.15) is 6.07 Å². The van der Waals surface area contributed by atoms with Crippen LogP contribution in [0, 0.1) is 36.2 Å². The van der Waals surface area contributed by atoms with Crippen molar-refractivity contribution in [3.05, 3.63) is 273 Å². The van der Waals surface area contributed by atoms with E-state index in [1.165, 1.54) is 115 Å². The highest BCUT2D eigenvalue weighted by Crippen LogP contribution is 2.47. The van der Waals surface area contributed by atoms with Crippen LogP contribution in [0.15, 0.2) is 233 Å². The first-order valence-electron chi connectivity index (χ1n) is 32.5. The Hall–Kier alpha value is -7.31. The number of benzene rings is 11. The van der Waals surface area contributed by atoms with Crippen LogP contribution in [-0.4, -0.2) is 37.0 Å². The molecule has 4 aromatic heterocycles. The largest absolute Gasteiger partial charge is 0.496 e. The molecular formula is C78H86BBr2F6N7O2S14. The van der Waals surface area contributed by atoms with Crippen molar-refractivity contribution in [2.45, 2.75) is 58.2 Å². The number of halogens is 8. The van der Waals surface area contributed by atoms with Crippen LogP contribution in [0.3, 0.4) is 0 Å². The Balaban J connectivity index is -0.000000398. The van der Waals surface area contributed by atoms with Gasteiger partial charge in [0.2, 0.25) is 0 Å². The van der Waals surface area contributed by atoms with Crippen molar-refractivity contribution in [1.29, 1.82) is 10.5 Å². The lowest BCUT2D eigenvalue weighted by atomic mass is 9.75. The molecule has 1 fully saturated rings. The highest BCUT2D eigenvalue weighted by molar-refractivity contribution is 9.11. The Labute approximate surface area is 718 Å². The van der Waals surface area contributed by atoms with Crippen LogP contribution in [0.4, 0.5) is 32.0 Å². The van der Waals surface area contributed by atoms with Gasteiger partial charge in [-0.1, -0.05) is 176 Å². The third kappa shape index (κ3) is 16.3. The highest BCUT2D eigenvalue weighted by Gasteiger charge is 2.53. The van der Waals surface area contributed by atoms with Gasteiger partial charge in [-0.05, 0) is 132 Å². The molecule has 0 spiro atoms. The standard InChI is InChI=1S/C40H23F3N4.C24H14Br2N2.C14H15BF3NO2.S8.S6.17H2/c1-24-11-7-15-28(37(24)45-2)32-19-9-18-31-27-13-4-6-22-36(27)47(39(31)32)46-35-21-5-3-12-26(35)30-17-8-16-29(38(30)46)25-14-10-20-34(33(25)23-44)40(41,42)43;25-19-11-5-9-17-15-7-1-3-13-21(15)27(23(17)19)28-22-14-4-2-8-16(22)18-10-6-12-20(26)24(18)28;1-12(2)13(3,4)21-15(20-12)11-7-5-6-10(9(11)8-19)14(16,17)18;1-3-5-7-8-6-4-2;1-3-5-6-4-2;;;;;;;;;;;;;;;;;/h3-22H,1H3;1-14H;5-7H,1-4H3;;;17*1H. The van der Waals surface area contributed by atoms with Crippen molar-refractivity contribution in [2.75, 3.05) is 0 Å². The van der Waals surface area contributed by atoms with E-state index < -0.39 is 52.9 Å². The van der Waals surface area contributed by atoms with E-state index in [0.29, 0.717) is 16.8 Å². The molecule has 15 aromatic rings. The minimum Gasteiger partial charge on any atom is -0.399 e. The van der Waals surface area contributed by atoms with Gasteiger partial charge >= 0.3 is 19.5 Å². The summed E-state index contributed by atoms with van der Waals surface area (Å²) in [5.74, 6) is 0. The molecule has 5 heterocycles. The summed E-state index contributed by atoms with van der Waals surface area (Å²) >= 11 is 25.9. The molecule has 0 bridgehead atoms. The van der Waals surface area contributed by atoms with Crippen molar-refractivity contribution in [2.24, 2.45) is 0 Å². The van der Waals surface area contributed by atoms with Gasteiger partial charge in [0.25, 0.3) is 0 Å². The maximum atomic E-state index is 14.2. The molecule has 110 heavy (non-hydrogen) atoms. The van der Waals surface area contributed by atoms with Crippen molar-refractivity contribution in [3.8, 4) is 34.4 Å². The van der Waals surface area contributed by atoms with E-state index in [1.807, 2.05) is 97.9 Å². The minimum atomic E-state index is -4.70. The Morgan fingerprint density at radius 3 is 1.11 bits per heavy atom. The number of rotatable bonds is 5. The zero-order valence-corrected chi connectivity index (χ0v) is 72.2. The average molecular weight is 1890 g/mol. The predicted molar refractivity (Wildman–Crippen MR) is 517 cm³/mol. The second-order valence-electron chi connectivity index (χ2n) is 25.1. The Bertz CT molecular complexity index is 6750.